The Bertz CT molecular complexity index is 1220. The molecule has 9 heteroatoms. The van der Waals surface area contributed by atoms with Crippen molar-refractivity contribution in [1.82, 2.24) is 14.9 Å². The number of hydrogen-bond donors (Lipinski definition) is 1. The topological polar surface area (TPSA) is 108 Å². The normalized spacial score (nSPS) is 14.7. The van der Waals surface area contributed by atoms with Crippen molar-refractivity contribution in [3.63, 3.8) is 0 Å². The Labute approximate surface area is 187 Å². The number of fused-ring (bicyclic) bond motifs is 1. The van der Waals surface area contributed by atoms with Crippen LogP contribution in [0.2, 0.25) is 0 Å². The van der Waals surface area contributed by atoms with E-state index in [-0.39, 0.29) is 16.6 Å². The fourth-order valence-electron chi connectivity index (χ4n) is 3.69. The van der Waals surface area contributed by atoms with Crippen LogP contribution in [-0.4, -0.2) is 49.5 Å². The van der Waals surface area contributed by atoms with Gasteiger partial charge in [0.05, 0.1) is 34.2 Å². The summed E-state index contributed by atoms with van der Waals surface area (Å²) >= 11 is 0. The van der Waals surface area contributed by atoms with Gasteiger partial charge in [0.1, 0.15) is 0 Å². The molecule has 0 saturated carbocycles. The van der Waals surface area contributed by atoms with E-state index in [9.17, 15) is 8.42 Å². The summed E-state index contributed by atoms with van der Waals surface area (Å²) in [7, 11) is -3.93. The molecule has 8 nitrogen and oxygen atoms in total. The molecule has 1 aromatic heterocycles. The van der Waals surface area contributed by atoms with Crippen molar-refractivity contribution < 1.29 is 13.2 Å². The van der Waals surface area contributed by atoms with Crippen LogP contribution < -0.4 is 9.46 Å². The molecule has 2 aromatic carbocycles. The van der Waals surface area contributed by atoms with Gasteiger partial charge in [0.25, 0.3) is 15.9 Å². The highest BCUT2D eigenvalue weighted by Gasteiger charge is 2.20. The maximum absolute atomic E-state index is 12.9. The number of nitrogens with one attached hydrogen (secondary N) is 1. The van der Waals surface area contributed by atoms with Gasteiger partial charge in [-0.25, -0.2) is 18.4 Å². The molecule has 166 valence electrons. The second-order valence-electron chi connectivity index (χ2n) is 7.71. The van der Waals surface area contributed by atoms with Gasteiger partial charge in [0, 0.05) is 6.54 Å². The quantitative estimate of drug-likeness (QED) is 0.522. The summed E-state index contributed by atoms with van der Waals surface area (Å²) < 4.78 is 34.2. The first-order valence-corrected chi connectivity index (χ1v) is 12.2. The number of aromatic nitrogens is 2. The van der Waals surface area contributed by atoms with Gasteiger partial charge in [-0.2, -0.15) is 5.26 Å². The SMILES string of the molecule is N#Cc1ccc(S(=O)(=O)Nc2nc3ccccc3nc2OCCCN2CCCCC2)cc1. The third kappa shape index (κ3) is 5.33. The number of likely N-dealkylation sites (tertiary alicyclic amines) is 1. The summed E-state index contributed by atoms with van der Waals surface area (Å²) in [5.74, 6) is 0.200. The van der Waals surface area contributed by atoms with Crippen LogP contribution in [0.4, 0.5) is 5.82 Å². The van der Waals surface area contributed by atoms with Crippen LogP contribution in [0.3, 0.4) is 0 Å². The van der Waals surface area contributed by atoms with E-state index < -0.39 is 10.0 Å². The Morgan fingerprint density at radius 3 is 2.38 bits per heavy atom. The van der Waals surface area contributed by atoms with E-state index in [1.165, 1.54) is 43.5 Å². The molecule has 3 aromatic rings. The Morgan fingerprint density at radius 2 is 1.69 bits per heavy atom. The fraction of sp³-hybridized carbons (Fsp3) is 0.348. The van der Waals surface area contributed by atoms with Crippen LogP contribution in [0.1, 0.15) is 31.2 Å². The molecule has 1 aliphatic rings. The van der Waals surface area contributed by atoms with E-state index in [1.54, 1.807) is 6.07 Å². The van der Waals surface area contributed by atoms with Crippen LogP contribution in [0, 0.1) is 11.3 Å². The summed E-state index contributed by atoms with van der Waals surface area (Å²) in [6, 6.07) is 14.9. The van der Waals surface area contributed by atoms with Crippen LogP contribution in [0.25, 0.3) is 11.0 Å². The van der Waals surface area contributed by atoms with Gasteiger partial charge in [0.15, 0.2) is 0 Å². The molecule has 0 radical (unpaired) electrons. The Morgan fingerprint density at radius 1 is 1.00 bits per heavy atom. The molecule has 1 aliphatic heterocycles. The zero-order valence-corrected chi connectivity index (χ0v) is 18.5. The van der Waals surface area contributed by atoms with E-state index >= 15 is 0 Å². The summed E-state index contributed by atoms with van der Waals surface area (Å²) in [5.41, 5.74) is 1.57. The summed E-state index contributed by atoms with van der Waals surface area (Å²) in [6.07, 6.45) is 4.58. The molecule has 2 heterocycles. The number of nitrogens with zero attached hydrogens (tertiary/aromatic N) is 4. The van der Waals surface area contributed by atoms with Gasteiger partial charge in [-0.3, -0.25) is 4.72 Å². The van der Waals surface area contributed by atoms with E-state index in [0.29, 0.717) is 23.2 Å². The van der Waals surface area contributed by atoms with Crippen molar-refractivity contribution >= 4 is 26.9 Å². The highest BCUT2D eigenvalue weighted by molar-refractivity contribution is 7.92. The maximum Gasteiger partial charge on any atom is 0.263 e. The molecule has 4 rings (SSSR count). The number of piperidine rings is 1. The molecule has 1 N–H and O–H groups in total. The number of benzene rings is 2. The van der Waals surface area contributed by atoms with Crippen LogP contribution >= 0.6 is 0 Å². The molecule has 0 amide bonds. The lowest BCUT2D eigenvalue weighted by molar-refractivity contribution is 0.203. The molecule has 0 bridgehead atoms. The average Bonchev–Trinajstić information content (AvgIpc) is 2.82. The van der Waals surface area contributed by atoms with E-state index in [4.69, 9.17) is 10.00 Å². The lowest BCUT2D eigenvalue weighted by Gasteiger charge is -2.26. The summed E-state index contributed by atoms with van der Waals surface area (Å²) in [6.45, 7) is 3.58. The standard InChI is InChI=1S/C23H25N5O3S/c24-17-18-9-11-19(12-10-18)32(29,30)27-22-23(26-21-8-3-2-7-20(21)25-22)31-16-6-15-28-13-4-1-5-14-28/h2-3,7-12H,1,4-6,13-16H2,(H,25,27). The largest absolute Gasteiger partial charge is 0.475 e. The zero-order valence-electron chi connectivity index (χ0n) is 17.7. The van der Waals surface area contributed by atoms with Gasteiger partial charge >= 0.3 is 0 Å². The molecule has 32 heavy (non-hydrogen) atoms. The monoisotopic (exact) mass is 451 g/mol. The smallest absolute Gasteiger partial charge is 0.263 e. The Balaban J connectivity index is 1.52. The lowest BCUT2D eigenvalue weighted by atomic mass is 10.1. The summed E-state index contributed by atoms with van der Waals surface area (Å²) in [5, 5.41) is 8.94. The molecular formula is C23H25N5O3S. The van der Waals surface area contributed by atoms with Crippen LogP contribution in [0.5, 0.6) is 5.88 Å². The molecule has 0 atom stereocenters. The summed E-state index contributed by atoms with van der Waals surface area (Å²) in [4.78, 5) is 11.4. The number of hydrogen-bond acceptors (Lipinski definition) is 7. The van der Waals surface area contributed by atoms with Gasteiger partial charge in [-0.05, 0) is 68.8 Å². The van der Waals surface area contributed by atoms with Gasteiger partial charge in [-0.1, -0.05) is 18.6 Å². The van der Waals surface area contributed by atoms with Crippen molar-refractivity contribution in [3.05, 3.63) is 54.1 Å². The first-order chi connectivity index (χ1) is 15.5. The van der Waals surface area contributed by atoms with Crippen molar-refractivity contribution in [2.45, 2.75) is 30.6 Å². The molecule has 0 unspecified atom stereocenters. The van der Waals surface area contributed by atoms with Gasteiger partial charge < -0.3 is 9.64 Å². The van der Waals surface area contributed by atoms with Crippen molar-refractivity contribution in [3.8, 4) is 11.9 Å². The molecule has 1 saturated heterocycles. The first-order valence-electron chi connectivity index (χ1n) is 10.7. The van der Waals surface area contributed by atoms with Crippen LogP contribution in [-0.2, 0) is 10.0 Å². The number of anilines is 1. The average molecular weight is 452 g/mol. The van der Waals surface area contributed by atoms with E-state index in [0.717, 1.165) is 26.1 Å². The predicted molar refractivity (Wildman–Crippen MR) is 122 cm³/mol. The highest BCUT2D eigenvalue weighted by Crippen LogP contribution is 2.26. The number of ether oxygens (including phenoxy) is 1. The highest BCUT2D eigenvalue weighted by atomic mass is 32.2. The minimum atomic E-state index is -3.93. The predicted octanol–water partition coefficient (Wildman–Crippen LogP) is 3.56. The van der Waals surface area contributed by atoms with Crippen molar-refractivity contribution in [2.75, 3.05) is 31.0 Å². The third-order valence-corrected chi connectivity index (χ3v) is 6.72. The minimum absolute atomic E-state index is 0.0301. The number of sulfonamides is 1. The lowest BCUT2D eigenvalue weighted by Crippen LogP contribution is -2.31. The third-order valence-electron chi connectivity index (χ3n) is 5.37. The van der Waals surface area contributed by atoms with Crippen molar-refractivity contribution in [2.24, 2.45) is 0 Å². The van der Waals surface area contributed by atoms with Gasteiger partial charge in [0.2, 0.25) is 5.82 Å². The first kappa shape index (κ1) is 22.0. The second-order valence-corrected chi connectivity index (χ2v) is 9.39. The molecular weight excluding hydrogens is 426 g/mol. The number of nitriles is 1. The van der Waals surface area contributed by atoms with Crippen LogP contribution in [0.15, 0.2) is 53.4 Å². The van der Waals surface area contributed by atoms with Crippen molar-refractivity contribution in [1.29, 1.82) is 5.26 Å². The second kappa shape index (κ2) is 9.94. The number of rotatable bonds is 8. The fourth-order valence-corrected chi connectivity index (χ4v) is 4.69. The maximum atomic E-state index is 12.9. The zero-order chi connectivity index (χ0) is 22.4. The Hall–Kier alpha value is -3.22. The molecule has 1 fully saturated rings. The van der Waals surface area contributed by atoms with E-state index in [1.807, 2.05) is 24.3 Å². The molecule has 0 spiro atoms. The Kier molecular flexibility index (Phi) is 6.83. The minimum Gasteiger partial charge on any atom is -0.475 e. The number of para-hydroxylation sites is 2. The van der Waals surface area contributed by atoms with E-state index in [2.05, 4.69) is 19.6 Å². The van der Waals surface area contributed by atoms with Gasteiger partial charge in [-0.15, -0.1) is 0 Å². The molecule has 0 aliphatic carbocycles.